The van der Waals surface area contributed by atoms with Crippen LogP contribution in [0.25, 0.3) is 77.2 Å². The van der Waals surface area contributed by atoms with Crippen LogP contribution in [0.4, 0.5) is 17.1 Å². The molecule has 0 radical (unpaired) electrons. The van der Waals surface area contributed by atoms with Gasteiger partial charge in [-0.3, -0.25) is 0 Å². The molecule has 1 aliphatic carbocycles. The van der Waals surface area contributed by atoms with Gasteiger partial charge in [0.05, 0.1) is 11.0 Å². The second-order valence-electron chi connectivity index (χ2n) is 15.7. The Morgan fingerprint density at radius 1 is 0.441 bits per heavy atom. The van der Waals surface area contributed by atoms with Gasteiger partial charge in [0.1, 0.15) is 11.3 Å². The Bertz CT molecular complexity index is 3410. The van der Waals surface area contributed by atoms with Gasteiger partial charge in [-0.05, 0) is 111 Å². The highest BCUT2D eigenvalue weighted by molar-refractivity contribution is 6.15. The Balaban J connectivity index is 0.955. The molecule has 1 atom stereocenters. The summed E-state index contributed by atoms with van der Waals surface area (Å²) in [5.41, 5.74) is 12.8. The molecule has 0 bridgehead atoms. The van der Waals surface area contributed by atoms with Crippen molar-refractivity contribution in [3.8, 4) is 11.1 Å². The molecule has 12 rings (SSSR count). The number of furan rings is 1. The first-order valence-electron chi connectivity index (χ1n) is 20.4. The lowest BCUT2D eigenvalue weighted by atomic mass is 9.84. The van der Waals surface area contributed by atoms with E-state index in [1.54, 1.807) is 0 Å². The first-order valence-corrected chi connectivity index (χ1v) is 20.4. The van der Waals surface area contributed by atoms with E-state index in [2.05, 4.69) is 222 Å². The van der Waals surface area contributed by atoms with Crippen LogP contribution in [0, 0.1) is 0 Å². The van der Waals surface area contributed by atoms with Gasteiger partial charge in [-0.15, -0.1) is 0 Å². The smallest absolute Gasteiger partial charge is 0.134 e. The fourth-order valence-electron chi connectivity index (χ4n) is 9.46. The van der Waals surface area contributed by atoms with E-state index in [1.807, 2.05) is 0 Å². The summed E-state index contributed by atoms with van der Waals surface area (Å²) in [6.45, 7) is 0. The van der Waals surface area contributed by atoms with Crippen LogP contribution in [0.1, 0.15) is 29.2 Å². The van der Waals surface area contributed by atoms with Crippen molar-refractivity contribution in [3.63, 3.8) is 0 Å². The molecule has 3 heteroatoms. The van der Waals surface area contributed by atoms with E-state index in [9.17, 15) is 0 Å². The van der Waals surface area contributed by atoms with Crippen molar-refractivity contribution in [2.24, 2.45) is 0 Å². The maximum Gasteiger partial charge on any atom is 0.134 e. The summed E-state index contributed by atoms with van der Waals surface area (Å²) in [4.78, 5) is 2.34. The summed E-state index contributed by atoms with van der Waals surface area (Å²) in [5, 5.41) is 8.69. The highest BCUT2D eigenvalue weighted by Gasteiger charge is 2.31. The van der Waals surface area contributed by atoms with E-state index in [0.29, 0.717) is 0 Å². The molecule has 0 amide bonds. The molecule has 0 fully saturated rings. The number of allylic oxidation sites excluding steroid dienone is 1. The lowest BCUT2D eigenvalue weighted by Gasteiger charge is -2.27. The maximum absolute atomic E-state index is 6.78. The van der Waals surface area contributed by atoms with E-state index >= 15 is 0 Å². The quantitative estimate of drug-likeness (QED) is 0.169. The molecule has 0 aliphatic heterocycles. The minimum Gasteiger partial charge on any atom is -0.460 e. The van der Waals surface area contributed by atoms with Gasteiger partial charge in [-0.1, -0.05) is 140 Å². The van der Waals surface area contributed by atoms with Crippen molar-refractivity contribution < 1.29 is 4.42 Å². The van der Waals surface area contributed by atoms with Crippen LogP contribution in [-0.4, -0.2) is 4.57 Å². The molecule has 0 spiro atoms. The largest absolute Gasteiger partial charge is 0.460 e. The molecule has 9 aromatic carbocycles. The van der Waals surface area contributed by atoms with Gasteiger partial charge in [0, 0.05) is 56.8 Å². The Morgan fingerprint density at radius 3 is 1.81 bits per heavy atom. The fourth-order valence-corrected chi connectivity index (χ4v) is 9.46. The van der Waals surface area contributed by atoms with E-state index in [-0.39, 0.29) is 5.92 Å². The average Bonchev–Trinajstić information content (AvgIpc) is 3.84. The van der Waals surface area contributed by atoms with Crippen LogP contribution in [0.5, 0.6) is 0 Å². The summed E-state index contributed by atoms with van der Waals surface area (Å²) in [6.07, 6.45) is 3.18. The molecule has 11 aromatic rings. The molecule has 2 heterocycles. The van der Waals surface area contributed by atoms with Gasteiger partial charge < -0.3 is 13.9 Å². The first kappa shape index (κ1) is 33.5. The summed E-state index contributed by atoms with van der Waals surface area (Å²) in [7, 11) is 0. The number of rotatable bonds is 6. The third kappa shape index (κ3) is 5.58. The lowest BCUT2D eigenvalue weighted by molar-refractivity contribution is 0.517. The number of aromatic nitrogens is 1. The Morgan fingerprint density at radius 2 is 1.03 bits per heavy atom. The van der Waals surface area contributed by atoms with Gasteiger partial charge >= 0.3 is 0 Å². The molecule has 2 aromatic heterocycles. The summed E-state index contributed by atoms with van der Waals surface area (Å²) >= 11 is 0. The maximum atomic E-state index is 6.78. The highest BCUT2D eigenvalue weighted by Crippen LogP contribution is 2.47. The third-order valence-electron chi connectivity index (χ3n) is 12.3. The fraction of sp³-hybridized carbons (Fsp3) is 0.0357. The number of fused-ring (bicyclic) bond motifs is 8. The number of benzene rings is 9. The van der Waals surface area contributed by atoms with Crippen LogP contribution < -0.4 is 4.90 Å². The van der Waals surface area contributed by atoms with Crippen LogP contribution in [0.3, 0.4) is 0 Å². The van der Waals surface area contributed by atoms with Crippen molar-refractivity contribution in [2.75, 3.05) is 4.90 Å². The Labute approximate surface area is 342 Å². The molecule has 59 heavy (non-hydrogen) atoms. The van der Waals surface area contributed by atoms with E-state index in [4.69, 9.17) is 4.42 Å². The Hall–Kier alpha value is -7.62. The molecule has 3 nitrogen and oxygen atoms in total. The summed E-state index contributed by atoms with van der Waals surface area (Å²) in [5.74, 6) is 1.05. The number of anilines is 3. The zero-order valence-corrected chi connectivity index (χ0v) is 32.3. The van der Waals surface area contributed by atoms with Gasteiger partial charge in [-0.25, -0.2) is 0 Å². The van der Waals surface area contributed by atoms with Gasteiger partial charge in [0.25, 0.3) is 0 Å². The minimum absolute atomic E-state index is 0.0227. The molecule has 278 valence electrons. The van der Waals surface area contributed by atoms with Crippen LogP contribution in [-0.2, 0) is 0 Å². The highest BCUT2D eigenvalue weighted by atomic mass is 16.3. The Kier molecular flexibility index (Phi) is 7.67. The van der Waals surface area contributed by atoms with Crippen LogP contribution in [0.2, 0.25) is 0 Å². The zero-order chi connectivity index (χ0) is 38.9. The summed E-state index contributed by atoms with van der Waals surface area (Å²) in [6, 6.07) is 74.7. The zero-order valence-electron chi connectivity index (χ0n) is 32.3. The molecule has 1 aliphatic rings. The predicted molar refractivity (Wildman–Crippen MR) is 248 cm³/mol. The van der Waals surface area contributed by atoms with Crippen molar-refractivity contribution in [3.05, 3.63) is 223 Å². The van der Waals surface area contributed by atoms with Crippen molar-refractivity contribution in [1.29, 1.82) is 0 Å². The van der Waals surface area contributed by atoms with Gasteiger partial charge in [-0.2, -0.15) is 0 Å². The van der Waals surface area contributed by atoms with E-state index < -0.39 is 0 Å². The van der Waals surface area contributed by atoms with Crippen molar-refractivity contribution in [2.45, 2.75) is 12.3 Å². The molecule has 0 saturated carbocycles. The van der Waals surface area contributed by atoms with Crippen molar-refractivity contribution >= 4 is 83.2 Å². The number of nitrogens with zero attached hydrogens (tertiary/aromatic N) is 2. The second kappa shape index (κ2) is 13.5. The van der Waals surface area contributed by atoms with Gasteiger partial charge in [0.2, 0.25) is 0 Å². The van der Waals surface area contributed by atoms with E-state index in [1.165, 1.54) is 71.3 Å². The lowest BCUT2D eigenvalue weighted by Crippen LogP contribution is -2.12. The standard InChI is InChI=1S/C56H38N2O/c1-2-16-44(17-3-1)57(45-28-24-38(25-29-45)43-23-22-37-12-4-5-13-40(37)32-43)46-30-26-39(27-31-46)50-35-47(36-52-49-19-9-11-21-55(49)59-56(50)52)58-53-20-10-8-18-48(53)51-33-41-14-6-7-15-42(41)34-54(51)58/h1-34,36,50H,35H2. The molecular weight excluding hydrogens is 717 g/mol. The van der Waals surface area contributed by atoms with Crippen LogP contribution in [0.15, 0.2) is 211 Å². The van der Waals surface area contributed by atoms with E-state index in [0.717, 1.165) is 40.2 Å². The van der Waals surface area contributed by atoms with Crippen LogP contribution >= 0.6 is 0 Å². The molecule has 0 saturated heterocycles. The first-order chi connectivity index (χ1) is 29.2. The minimum atomic E-state index is 0.0227. The monoisotopic (exact) mass is 754 g/mol. The number of hydrogen-bond acceptors (Lipinski definition) is 2. The second-order valence-corrected chi connectivity index (χ2v) is 15.7. The van der Waals surface area contributed by atoms with Gasteiger partial charge in [0.15, 0.2) is 0 Å². The SMILES string of the molecule is C1=C(n2c3ccccc3c3cc4ccccc4cc32)CC(c2ccc(N(c3ccccc3)c3ccc(-c4ccc5ccccc5c4)cc3)cc2)c2oc3ccccc3c21. The number of para-hydroxylation sites is 3. The van der Waals surface area contributed by atoms with Crippen molar-refractivity contribution in [1.82, 2.24) is 4.57 Å². The molecule has 0 N–H and O–H groups in total. The predicted octanol–water partition coefficient (Wildman–Crippen LogP) is 15.5. The molecule has 1 unspecified atom stereocenters. The normalized spacial score (nSPS) is 14.0. The number of hydrogen-bond donors (Lipinski definition) is 0. The molecular formula is C56H38N2O. The topological polar surface area (TPSA) is 21.3 Å². The summed E-state index contributed by atoms with van der Waals surface area (Å²) < 4.78 is 9.28. The third-order valence-corrected chi connectivity index (χ3v) is 12.3. The average molecular weight is 755 g/mol.